The topological polar surface area (TPSA) is 69.2 Å². The van der Waals surface area contributed by atoms with Gasteiger partial charge in [0.05, 0.1) is 24.1 Å². The lowest BCUT2D eigenvalue weighted by Gasteiger charge is -2.13. The third kappa shape index (κ3) is 4.54. The van der Waals surface area contributed by atoms with E-state index in [1.165, 1.54) is 12.1 Å². The molecule has 2 aromatic carbocycles. The fraction of sp³-hybridized carbons (Fsp3) is 0.316. The Kier molecular flexibility index (Phi) is 6.24. The molecular weight excluding hydrogens is 371 g/mol. The molecule has 0 amide bonds. The molecule has 6 nitrogen and oxygen atoms in total. The zero-order valence-electron chi connectivity index (χ0n) is 15.1. The third-order valence-electron chi connectivity index (χ3n) is 4.02. The highest BCUT2D eigenvalue weighted by atomic mass is 35.5. The van der Waals surface area contributed by atoms with Gasteiger partial charge >= 0.3 is 0 Å². The summed E-state index contributed by atoms with van der Waals surface area (Å²) in [5.41, 5.74) is 1.19. The molecule has 1 heterocycles. The maximum atomic E-state index is 13.4. The van der Waals surface area contributed by atoms with Gasteiger partial charge in [-0.25, -0.2) is 4.39 Å². The van der Waals surface area contributed by atoms with Crippen LogP contribution in [0.15, 0.2) is 30.3 Å². The molecule has 0 saturated carbocycles. The lowest BCUT2D eigenvalue weighted by molar-refractivity contribution is 0.286. The maximum absolute atomic E-state index is 13.4. The van der Waals surface area contributed by atoms with Crippen molar-refractivity contribution in [2.75, 3.05) is 19.0 Å². The van der Waals surface area contributed by atoms with E-state index in [-0.39, 0.29) is 5.02 Å². The minimum Gasteiger partial charge on any atom is -0.493 e. The molecule has 0 spiro atoms. The van der Waals surface area contributed by atoms with E-state index in [4.69, 9.17) is 21.1 Å². The van der Waals surface area contributed by atoms with Crippen LogP contribution in [0.1, 0.15) is 26.2 Å². The molecule has 8 heteroatoms. The van der Waals surface area contributed by atoms with Crippen molar-refractivity contribution in [1.82, 2.24) is 15.4 Å². The first kappa shape index (κ1) is 19.1. The number of nitrogens with one attached hydrogen (secondary N) is 1. The van der Waals surface area contributed by atoms with E-state index in [0.717, 1.165) is 19.3 Å². The Hall–Kier alpha value is -2.67. The fourth-order valence-electron chi connectivity index (χ4n) is 2.60. The van der Waals surface area contributed by atoms with E-state index in [2.05, 4.69) is 27.7 Å². The van der Waals surface area contributed by atoms with Crippen LogP contribution < -0.4 is 14.8 Å². The molecule has 0 aliphatic carbocycles. The molecule has 3 aromatic rings. The Morgan fingerprint density at radius 3 is 2.70 bits per heavy atom. The Bertz CT molecular complexity index is 939. The molecule has 0 fully saturated rings. The largest absolute Gasteiger partial charge is 0.493 e. The van der Waals surface area contributed by atoms with Crippen LogP contribution in [-0.2, 0) is 0 Å². The Labute approximate surface area is 161 Å². The van der Waals surface area contributed by atoms with Crippen LogP contribution in [0.5, 0.6) is 11.5 Å². The molecular formula is C19H20ClFN4O2. The molecule has 0 aliphatic rings. The fourth-order valence-corrected chi connectivity index (χ4v) is 2.78. The molecule has 1 aromatic heterocycles. The summed E-state index contributed by atoms with van der Waals surface area (Å²) in [7, 11) is 1.58. The number of hydrogen-bond donors (Lipinski definition) is 1. The Morgan fingerprint density at radius 1 is 1.11 bits per heavy atom. The lowest BCUT2D eigenvalue weighted by Crippen LogP contribution is -2.02. The first-order chi connectivity index (χ1) is 13.1. The van der Waals surface area contributed by atoms with Gasteiger partial charge in [0, 0.05) is 11.8 Å². The van der Waals surface area contributed by atoms with Crippen molar-refractivity contribution in [2.24, 2.45) is 0 Å². The number of fused-ring (bicyclic) bond motifs is 1. The summed E-state index contributed by atoms with van der Waals surface area (Å²) < 4.78 is 24.6. The molecule has 0 bridgehead atoms. The summed E-state index contributed by atoms with van der Waals surface area (Å²) in [6.07, 6.45) is 3.20. The second kappa shape index (κ2) is 8.81. The van der Waals surface area contributed by atoms with E-state index in [9.17, 15) is 4.39 Å². The Morgan fingerprint density at radius 2 is 1.96 bits per heavy atom. The van der Waals surface area contributed by atoms with Gasteiger partial charge in [0.2, 0.25) is 0 Å². The predicted molar refractivity (Wildman–Crippen MR) is 104 cm³/mol. The second-order valence-corrected chi connectivity index (χ2v) is 6.37. The van der Waals surface area contributed by atoms with Gasteiger partial charge in [-0.3, -0.25) is 0 Å². The molecule has 0 radical (unpaired) electrons. The van der Waals surface area contributed by atoms with Gasteiger partial charge in [0.15, 0.2) is 17.3 Å². The van der Waals surface area contributed by atoms with Crippen molar-refractivity contribution in [2.45, 2.75) is 26.2 Å². The number of anilines is 2. The summed E-state index contributed by atoms with van der Waals surface area (Å²) in [6.45, 7) is 2.75. The SMILES string of the molecule is CCCCCOc1cc2nnnc(Nc3ccc(F)c(Cl)c3)c2cc1OC. The number of hydrogen-bond acceptors (Lipinski definition) is 6. The minimum absolute atomic E-state index is 0.0201. The zero-order valence-corrected chi connectivity index (χ0v) is 15.9. The van der Waals surface area contributed by atoms with Crippen LogP contribution in [-0.4, -0.2) is 29.1 Å². The molecule has 0 atom stereocenters. The van der Waals surface area contributed by atoms with E-state index in [1.54, 1.807) is 25.3 Å². The third-order valence-corrected chi connectivity index (χ3v) is 4.31. The van der Waals surface area contributed by atoms with E-state index >= 15 is 0 Å². The normalized spacial score (nSPS) is 10.8. The maximum Gasteiger partial charge on any atom is 0.164 e. The average Bonchev–Trinajstić information content (AvgIpc) is 2.68. The van der Waals surface area contributed by atoms with Gasteiger partial charge in [-0.2, -0.15) is 0 Å². The molecule has 1 N–H and O–H groups in total. The second-order valence-electron chi connectivity index (χ2n) is 5.97. The summed E-state index contributed by atoms with van der Waals surface area (Å²) in [5.74, 6) is 1.16. The lowest BCUT2D eigenvalue weighted by atomic mass is 10.2. The monoisotopic (exact) mass is 390 g/mol. The number of nitrogens with zero attached hydrogens (tertiary/aromatic N) is 3. The number of halogens is 2. The van der Waals surface area contributed by atoms with Gasteiger partial charge in [-0.1, -0.05) is 31.4 Å². The van der Waals surface area contributed by atoms with Crippen molar-refractivity contribution < 1.29 is 13.9 Å². The van der Waals surface area contributed by atoms with E-state index < -0.39 is 5.82 Å². The first-order valence-corrected chi connectivity index (χ1v) is 9.06. The van der Waals surface area contributed by atoms with E-state index in [1.807, 2.05) is 0 Å². The summed E-state index contributed by atoms with van der Waals surface area (Å²) >= 11 is 5.84. The van der Waals surface area contributed by atoms with Crippen molar-refractivity contribution >= 4 is 34.0 Å². The molecule has 0 saturated heterocycles. The van der Waals surface area contributed by atoms with Gasteiger partial charge in [0.25, 0.3) is 0 Å². The highest BCUT2D eigenvalue weighted by Crippen LogP contribution is 2.34. The number of unbranched alkanes of at least 4 members (excludes halogenated alkanes) is 2. The van der Waals surface area contributed by atoms with Crippen LogP contribution in [0.4, 0.5) is 15.9 Å². The molecule has 27 heavy (non-hydrogen) atoms. The zero-order chi connectivity index (χ0) is 19.2. The molecule has 0 aliphatic heterocycles. The van der Waals surface area contributed by atoms with Gasteiger partial charge in [-0.05, 0) is 35.9 Å². The number of rotatable bonds is 8. The van der Waals surface area contributed by atoms with Crippen LogP contribution in [0, 0.1) is 5.82 Å². The van der Waals surface area contributed by atoms with Gasteiger partial charge < -0.3 is 14.8 Å². The molecule has 0 unspecified atom stereocenters. The van der Waals surface area contributed by atoms with Crippen molar-refractivity contribution in [1.29, 1.82) is 0 Å². The number of ether oxygens (including phenoxy) is 2. The number of benzene rings is 2. The molecule has 142 valence electrons. The molecule has 3 rings (SSSR count). The number of aromatic nitrogens is 3. The standard InChI is InChI=1S/C19H20ClFN4O2/c1-3-4-5-8-27-18-11-16-13(10-17(18)26-2)19(24-25-23-16)22-12-6-7-15(21)14(20)9-12/h6-7,9-11H,3-5,8H2,1-2H3,(H,22,23,24). The van der Waals surface area contributed by atoms with Crippen LogP contribution in [0.25, 0.3) is 10.9 Å². The highest BCUT2D eigenvalue weighted by molar-refractivity contribution is 6.31. The van der Waals surface area contributed by atoms with Gasteiger partial charge in [-0.15, -0.1) is 10.2 Å². The summed E-state index contributed by atoms with van der Waals surface area (Å²) in [4.78, 5) is 0. The summed E-state index contributed by atoms with van der Waals surface area (Å²) in [5, 5.41) is 15.7. The predicted octanol–water partition coefficient (Wildman–Crippen LogP) is 5.14. The summed E-state index contributed by atoms with van der Waals surface area (Å²) in [6, 6.07) is 7.90. The first-order valence-electron chi connectivity index (χ1n) is 8.68. The van der Waals surface area contributed by atoms with Crippen molar-refractivity contribution in [3.05, 3.63) is 41.2 Å². The van der Waals surface area contributed by atoms with Crippen molar-refractivity contribution in [3.8, 4) is 11.5 Å². The average molecular weight is 391 g/mol. The highest BCUT2D eigenvalue weighted by Gasteiger charge is 2.13. The quantitative estimate of drug-likeness (QED) is 0.537. The van der Waals surface area contributed by atoms with E-state index in [0.29, 0.717) is 40.5 Å². The van der Waals surface area contributed by atoms with Crippen molar-refractivity contribution in [3.63, 3.8) is 0 Å². The minimum atomic E-state index is -0.487. The Balaban J connectivity index is 1.91. The smallest absolute Gasteiger partial charge is 0.164 e. The van der Waals surface area contributed by atoms with Crippen LogP contribution in [0.3, 0.4) is 0 Å². The number of methoxy groups -OCH3 is 1. The van der Waals surface area contributed by atoms with Crippen LogP contribution >= 0.6 is 11.6 Å². The van der Waals surface area contributed by atoms with Gasteiger partial charge in [0.1, 0.15) is 11.3 Å². The van der Waals surface area contributed by atoms with Crippen LogP contribution in [0.2, 0.25) is 5.02 Å².